The Morgan fingerprint density at radius 2 is 1.84 bits per heavy atom. The zero-order valence-corrected chi connectivity index (χ0v) is 18.6. The number of nitro benzene ring substituents is 1. The number of non-ortho nitro benzene ring substituents is 1. The van der Waals surface area contributed by atoms with Crippen molar-refractivity contribution in [1.82, 2.24) is 24.6 Å². The van der Waals surface area contributed by atoms with Gasteiger partial charge >= 0.3 is 0 Å². The maximum Gasteiger partial charge on any atom is 0.269 e. The van der Waals surface area contributed by atoms with E-state index < -0.39 is 4.92 Å². The Bertz CT molecular complexity index is 924. The summed E-state index contributed by atoms with van der Waals surface area (Å²) in [6, 6.07) is 6.35. The van der Waals surface area contributed by atoms with Gasteiger partial charge in [0.05, 0.1) is 16.7 Å². The molecule has 1 unspecified atom stereocenters. The molecule has 0 radical (unpaired) electrons. The molecule has 166 valence electrons. The SMILES string of the molecule is CC(Sc1ccc([N+](=O)[O-])cc1)C(=O)N1CCN(Cc2nnc3n2CCCCC3)CC1. The average Bonchev–Trinajstić information content (AvgIpc) is 2.99. The summed E-state index contributed by atoms with van der Waals surface area (Å²) >= 11 is 1.44. The normalized spacial score (nSPS) is 18.3. The summed E-state index contributed by atoms with van der Waals surface area (Å²) in [5.74, 6) is 2.26. The largest absolute Gasteiger partial charge is 0.339 e. The van der Waals surface area contributed by atoms with Crippen LogP contribution in [0.4, 0.5) is 5.69 Å². The first-order valence-electron chi connectivity index (χ1n) is 10.8. The van der Waals surface area contributed by atoms with Crippen LogP contribution < -0.4 is 0 Å². The van der Waals surface area contributed by atoms with Crippen molar-refractivity contribution in [1.29, 1.82) is 0 Å². The van der Waals surface area contributed by atoms with Crippen molar-refractivity contribution >= 4 is 23.4 Å². The number of piperazine rings is 1. The van der Waals surface area contributed by atoms with Crippen LogP contribution in [0.3, 0.4) is 0 Å². The van der Waals surface area contributed by atoms with E-state index in [0.717, 1.165) is 49.1 Å². The number of nitrogens with zero attached hydrogens (tertiary/aromatic N) is 6. The van der Waals surface area contributed by atoms with Crippen molar-refractivity contribution < 1.29 is 9.72 Å². The number of carbonyl (C=O) groups excluding carboxylic acids is 1. The highest BCUT2D eigenvalue weighted by molar-refractivity contribution is 8.00. The molecule has 9 nitrogen and oxygen atoms in total. The average molecular weight is 445 g/mol. The molecule has 10 heteroatoms. The standard InChI is InChI=1S/C21H28N6O3S/c1-16(31-18-8-6-17(7-9-18)27(29)30)21(28)25-13-11-24(12-14-25)15-20-23-22-19-5-3-2-4-10-26(19)20/h6-9,16H,2-5,10-15H2,1H3. The van der Waals surface area contributed by atoms with Crippen LogP contribution in [-0.4, -0.2) is 66.8 Å². The van der Waals surface area contributed by atoms with Crippen LogP contribution in [0.15, 0.2) is 29.2 Å². The number of hydrogen-bond donors (Lipinski definition) is 0. The minimum Gasteiger partial charge on any atom is -0.339 e. The summed E-state index contributed by atoms with van der Waals surface area (Å²) in [7, 11) is 0. The van der Waals surface area contributed by atoms with E-state index in [0.29, 0.717) is 13.1 Å². The maximum atomic E-state index is 12.9. The quantitative estimate of drug-likeness (QED) is 0.384. The molecule has 1 atom stereocenters. The Morgan fingerprint density at radius 1 is 1.10 bits per heavy atom. The van der Waals surface area contributed by atoms with Gasteiger partial charge in [-0.05, 0) is 31.9 Å². The lowest BCUT2D eigenvalue weighted by Crippen LogP contribution is -2.50. The molecule has 4 rings (SSSR count). The molecule has 3 heterocycles. The third-order valence-corrected chi connectivity index (χ3v) is 7.04. The molecule has 1 aromatic carbocycles. The summed E-state index contributed by atoms with van der Waals surface area (Å²) in [6.07, 6.45) is 4.64. The first kappa shape index (κ1) is 21.8. The molecular weight excluding hydrogens is 416 g/mol. The maximum absolute atomic E-state index is 12.9. The van der Waals surface area contributed by atoms with Crippen LogP contribution in [0.2, 0.25) is 0 Å². The highest BCUT2D eigenvalue weighted by atomic mass is 32.2. The molecule has 1 fully saturated rings. The third kappa shape index (κ3) is 5.24. The Balaban J connectivity index is 1.27. The lowest BCUT2D eigenvalue weighted by Gasteiger charge is -2.35. The third-order valence-electron chi connectivity index (χ3n) is 5.94. The first-order valence-corrected chi connectivity index (χ1v) is 11.7. The van der Waals surface area contributed by atoms with Gasteiger partial charge in [-0.15, -0.1) is 22.0 Å². The minimum atomic E-state index is -0.417. The number of benzene rings is 1. The first-order chi connectivity index (χ1) is 15.0. The van der Waals surface area contributed by atoms with Gasteiger partial charge in [0.15, 0.2) is 0 Å². The van der Waals surface area contributed by atoms with Gasteiger partial charge in [-0.1, -0.05) is 6.42 Å². The van der Waals surface area contributed by atoms with Gasteiger partial charge in [0.2, 0.25) is 5.91 Å². The molecule has 1 amide bonds. The van der Waals surface area contributed by atoms with Crippen LogP contribution in [0.25, 0.3) is 0 Å². The summed E-state index contributed by atoms with van der Waals surface area (Å²) in [6.45, 7) is 6.73. The molecule has 0 saturated carbocycles. The molecule has 31 heavy (non-hydrogen) atoms. The number of nitro groups is 1. The molecule has 1 saturated heterocycles. The molecule has 0 spiro atoms. The highest BCUT2D eigenvalue weighted by Gasteiger charge is 2.27. The van der Waals surface area contributed by atoms with Gasteiger partial charge in [0.1, 0.15) is 11.6 Å². The van der Waals surface area contributed by atoms with Crippen LogP contribution in [0, 0.1) is 10.1 Å². The predicted octanol–water partition coefficient (Wildman–Crippen LogP) is 2.74. The van der Waals surface area contributed by atoms with Crippen molar-refractivity contribution in [2.24, 2.45) is 0 Å². The lowest BCUT2D eigenvalue weighted by atomic mass is 10.2. The molecular formula is C21H28N6O3S. The number of hydrogen-bond acceptors (Lipinski definition) is 7. The second kappa shape index (κ2) is 9.78. The Labute approximate surface area is 186 Å². The molecule has 0 aliphatic carbocycles. The zero-order chi connectivity index (χ0) is 21.8. The van der Waals surface area contributed by atoms with Gasteiger partial charge in [-0.2, -0.15) is 0 Å². The van der Waals surface area contributed by atoms with E-state index >= 15 is 0 Å². The second-order valence-corrected chi connectivity index (χ2v) is 9.52. The fourth-order valence-corrected chi connectivity index (χ4v) is 5.10. The zero-order valence-electron chi connectivity index (χ0n) is 17.8. The van der Waals surface area contributed by atoms with E-state index in [9.17, 15) is 14.9 Å². The van der Waals surface area contributed by atoms with Crippen molar-refractivity contribution in [3.05, 3.63) is 46.0 Å². The number of amides is 1. The van der Waals surface area contributed by atoms with E-state index in [1.54, 1.807) is 12.1 Å². The van der Waals surface area contributed by atoms with Crippen molar-refractivity contribution in [2.75, 3.05) is 26.2 Å². The summed E-state index contributed by atoms with van der Waals surface area (Å²) in [5.41, 5.74) is 0.0593. The summed E-state index contributed by atoms with van der Waals surface area (Å²) in [5, 5.41) is 19.4. The molecule has 2 aromatic rings. The van der Waals surface area contributed by atoms with Gasteiger partial charge in [-0.25, -0.2) is 0 Å². The van der Waals surface area contributed by atoms with E-state index in [1.807, 2.05) is 11.8 Å². The van der Waals surface area contributed by atoms with Gasteiger partial charge < -0.3 is 9.47 Å². The van der Waals surface area contributed by atoms with Crippen LogP contribution in [-0.2, 0) is 24.3 Å². The van der Waals surface area contributed by atoms with E-state index in [4.69, 9.17) is 0 Å². The Morgan fingerprint density at radius 3 is 2.55 bits per heavy atom. The lowest BCUT2D eigenvalue weighted by molar-refractivity contribution is -0.384. The monoisotopic (exact) mass is 444 g/mol. The number of fused-ring (bicyclic) bond motifs is 1. The molecule has 0 N–H and O–H groups in total. The predicted molar refractivity (Wildman–Crippen MR) is 118 cm³/mol. The molecule has 2 aliphatic rings. The Hall–Kier alpha value is -2.46. The summed E-state index contributed by atoms with van der Waals surface area (Å²) in [4.78, 5) is 28.4. The van der Waals surface area contributed by atoms with Crippen molar-refractivity contribution in [3.8, 4) is 0 Å². The second-order valence-electron chi connectivity index (χ2n) is 8.11. The van der Waals surface area contributed by atoms with Crippen LogP contribution in [0.1, 0.15) is 37.8 Å². The van der Waals surface area contributed by atoms with Gasteiger partial charge in [0, 0.05) is 56.2 Å². The number of carbonyl (C=O) groups is 1. The van der Waals surface area contributed by atoms with Crippen LogP contribution in [0.5, 0.6) is 0 Å². The van der Waals surface area contributed by atoms with E-state index in [1.165, 1.54) is 43.2 Å². The highest BCUT2D eigenvalue weighted by Crippen LogP contribution is 2.27. The fraction of sp³-hybridized carbons (Fsp3) is 0.571. The van der Waals surface area contributed by atoms with Gasteiger partial charge in [0.25, 0.3) is 5.69 Å². The molecule has 1 aromatic heterocycles. The Kier molecular flexibility index (Phi) is 6.86. The van der Waals surface area contributed by atoms with Crippen molar-refractivity contribution in [2.45, 2.75) is 55.8 Å². The van der Waals surface area contributed by atoms with Crippen LogP contribution >= 0.6 is 11.8 Å². The topological polar surface area (TPSA) is 97.4 Å². The smallest absolute Gasteiger partial charge is 0.269 e. The number of rotatable bonds is 6. The summed E-state index contributed by atoms with van der Waals surface area (Å²) < 4.78 is 2.29. The number of thioether (sulfide) groups is 1. The van der Waals surface area contributed by atoms with E-state index in [2.05, 4.69) is 19.7 Å². The van der Waals surface area contributed by atoms with Gasteiger partial charge in [-0.3, -0.25) is 19.8 Å². The van der Waals surface area contributed by atoms with Crippen molar-refractivity contribution in [3.63, 3.8) is 0 Å². The minimum absolute atomic E-state index is 0.0593. The number of aromatic nitrogens is 3. The molecule has 2 aliphatic heterocycles. The fourth-order valence-electron chi connectivity index (χ4n) is 4.15. The number of aryl methyl sites for hydroxylation is 1. The molecule has 0 bridgehead atoms. The van der Waals surface area contributed by atoms with E-state index in [-0.39, 0.29) is 16.8 Å².